The topological polar surface area (TPSA) is 80.4 Å². The molecule has 1 amide bonds. The van der Waals surface area contributed by atoms with E-state index in [9.17, 15) is 23.2 Å². The summed E-state index contributed by atoms with van der Waals surface area (Å²) in [5.41, 5.74) is 1.94. The maximum atomic E-state index is 13.2. The lowest BCUT2D eigenvalue weighted by molar-refractivity contribution is -0.189. The van der Waals surface area contributed by atoms with Gasteiger partial charge in [-0.3, -0.25) is 9.48 Å². The van der Waals surface area contributed by atoms with Crippen LogP contribution in [-0.4, -0.2) is 46.1 Å². The van der Waals surface area contributed by atoms with Crippen LogP contribution in [0.3, 0.4) is 0 Å². The first-order valence-electron chi connectivity index (χ1n) is 10.4. The predicted octanol–water partition coefficient (Wildman–Crippen LogP) is 3.67. The van der Waals surface area contributed by atoms with Crippen LogP contribution in [0.5, 0.6) is 5.75 Å². The molecule has 3 heterocycles. The van der Waals surface area contributed by atoms with E-state index >= 15 is 0 Å². The summed E-state index contributed by atoms with van der Waals surface area (Å²) in [6.07, 6.45) is -3.03. The van der Waals surface area contributed by atoms with Gasteiger partial charge in [0.1, 0.15) is 5.75 Å². The molecule has 170 valence electrons. The van der Waals surface area contributed by atoms with Crippen molar-refractivity contribution < 1.29 is 27.4 Å². The Bertz CT molecular complexity index is 1040. The van der Waals surface area contributed by atoms with Crippen molar-refractivity contribution in [1.29, 1.82) is 5.26 Å². The molecule has 7 nitrogen and oxygen atoms in total. The maximum Gasteiger partial charge on any atom is 0.425 e. The third kappa shape index (κ3) is 4.58. The second-order valence-electron chi connectivity index (χ2n) is 8.14. The fraction of sp³-hybridized carbons (Fsp3) is 0.500. The van der Waals surface area contributed by atoms with Crippen LogP contribution in [0.25, 0.3) is 0 Å². The lowest BCUT2D eigenvalue weighted by Crippen LogP contribution is -2.33. The van der Waals surface area contributed by atoms with Crippen molar-refractivity contribution >= 4 is 5.91 Å². The van der Waals surface area contributed by atoms with Gasteiger partial charge in [0.2, 0.25) is 0 Å². The number of halogens is 3. The maximum absolute atomic E-state index is 13.2. The summed E-state index contributed by atoms with van der Waals surface area (Å²) in [4.78, 5) is 14.8. The van der Waals surface area contributed by atoms with Gasteiger partial charge in [-0.2, -0.15) is 23.5 Å². The monoisotopic (exact) mass is 448 g/mol. The molecule has 0 bridgehead atoms. The van der Waals surface area contributed by atoms with Crippen molar-refractivity contribution in [3.05, 3.63) is 46.8 Å². The minimum atomic E-state index is -4.58. The predicted molar refractivity (Wildman–Crippen MR) is 107 cm³/mol. The van der Waals surface area contributed by atoms with Gasteiger partial charge in [0.05, 0.1) is 35.6 Å². The molecule has 0 unspecified atom stereocenters. The number of benzene rings is 1. The van der Waals surface area contributed by atoms with E-state index in [4.69, 9.17) is 9.47 Å². The number of fused-ring (bicyclic) bond motifs is 1. The molecule has 1 fully saturated rings. The molecule has 2 aromatic rings. The van der Waals surface area contributed by atoms with Crippen LogP contribution in [0.2, 0.25) is 0 Å². The molecule has 2 aliphatic rings. The Labute approximate surface area is 183 Å². The van der Waals surface area contributed by atoms with Gasteiger partial charge in [-0.1, -0.05) is 0 Å². The first-order chi connectivity index (χ1) is 15.3. The summed E-state index contributed by atoms with van der Waals surface area (Å²) < 4.78 is 51.4. The minimum absolute atomic E-state index is 0.0609. The highest BCUT2D eigenvalue weighted by molar-refractivity contribution is 5.97. The number of nitrogens with zero attached hydrogens (tertiary/aromatic N) is 4. The van der Waals surface area contributed by atoms with Crippen molar-refractivity contribution in [3.8, 4) is 11.8 Å². The molecule has 0 spiro atoms. The molecular formula is C22H23F3N4O3. The zero-order valence-electron chi connectivity index (χ0n) is 17.6. The zero-order chi connectivity index (χ0) is 22.9. The third-order valence-electron chi connectivity index (χ3n) is 5.90. The second-order valence-corrected chi connectivity index (χ2v) is 8.14. The molecule has 1 aromatic heterocycles. The molecule has 32 heavy (non-hydrogen) atoms. The minimum Gasteiger partial charge on any atom is -0.480 e. The summed E-state index contributed by atoms with van der Waals surface area (Å²) in [6.45, 7) is 3.67. The molecule has 4 rings (SSSR count). The Balaban J connectivity index is 1.53. The van der Waals surface area contributed by atoms with Crippen LogP contribution in [-0.2, 0) is 24.4 Å². The summed E-state index contributed by atoms with van der Waals surface area (Å²) in [5, 5.41) is 13.7. The van der Waals surface area contributed by atoms with E-state index in [0.29, 0.717) is 19.0 Å². The van der Waals surface area contributed by atoms with E-state index in [2.05, 4.69) is 5.10 Å². The van der Waals surface area contributed by atoms with Gasteiger partial charge < -0.3 is 14.4 Å². The van der Waals surface area contributed by atoms with E-state index in [1.165, 1.54) is 23.1 Å². The number of amides is 1. The molecule has 0 N–H and O–H groups in total. The highest BCUT2D eigenvalue weighted by atomic mass is 19.4. The van der Waals surface area contributed by atoms with Crippen LogP contribution < -0.4 is 4.74 Å². The molecule has 1 aromatic carbocycles. The molecule has 0 aliphatic carbocycles. The number of hydrogen-bond donors (Lipinski definition) is 0. The van der Waals surface area contributed by atoms with Gasteiger partial charge in [-0.15, -0.1) is 0 Å². The van der Waals surface area contributed by atoms with Gasteiger partial charge in [0.15, 0.2) is 6.10 Å². The summed E-state index contributed by atoms with van der Waals surface area (Å²) in [7, 11) is 0. The highest BCUT2D eigenvalue weighted by Crippen LogP contribution is 2.31. The Morgan fingerprint density at radius 1 is 1.34 bits per heavy atom. The van der Waals surface area contributed by atoms with Crippen molar-refractivity contribution in [2.75, 3.05) is 13.2 Å². The van der Waals surface area contributed by atoms with Crippen LogP contribution >= 0.6 is 0 Å². The Kier molecular flexibility index (Phi) is 6.11. The molecular weight excluding hydrogens is 425 g/mol. The van der Waals surface area contributed by atoms with Crippen LogP contribution in [0.15, 0.2) is 24.4 Å². The van der Waals surface area contributed by atoms with Crippen molar-refractivity contribution in [1.82, 2.24) is 14.7 Å². The van der Waals surface area contributed by atoms with E-state index in [0.717, 1.165) is 50.8 Å². The van der Waals surface area contributed by atoms with E-state index in [1.54, 1.807) is 6.20 Å². The van der Waals surface area contributed by atoms with Gasteiger partial charge in [0.25, 0.3) is 5.91 Å². The number of carbonyl (C=O) groups is 1. The Morgan fingerprint density at radius 3 is 2.78 bits per heavy atom. The number of alkyl halides is 3. The van der Waals surface area contributed by atoms with Gasteiger partial charge in [0, 0.05) is 31.9 Å². The fourth-order valence-corrected chi connectivity index (χ4v) is 3.98. The first kappa shape index (κ1) is 22.1. The molecule has 2 aliphatic heterocycles. The number of aromatic nitrogens is 2. The fourth-order valence-electron chi connectivity index (χ4n) is 3.98. The second kappa shape index (κ2) is 8.82. The van der Waals surface area contributed by atoms with Gasteiger partial charge >= 0.3 is 6.18 Å². The summed E-state index contributed by atoms with van der Waals surface area (Å²) in [5.74, 6) is -0.229. The Morgan fingerprint density at radius 2 is 2.09 bits per heavy atom. The molecule has 10 heteroatoms. The Hall–Kier alpha value is -3.06. The highest BCUT2D eigenvalue weighted by Gasteiger charge is 2.39. The van der Waals surface area contributed by atoms with Crippen LogP contribution in [0.4, 0.5) is 13.2 Å². The SMILES string of the molecule is C[C@H](Oc1ccc(C#N)cc1C(=O)N1Cc2cnn(CC3CCOCC3)c2C1)C(F)(F)F. The number of rotatable bonds is 5. The molecule has 1 atom stereocenters. The average molecular weight is 448 g/mol. The molecule has 0 saturated carbocycles. The summed E-state index contributed by atoms with van der Waals surface area (Å²) in [6, 6.07) is 5.77. The number of ether oxygens (including phenoxy) is 2. The standard InChI is InChI=1S/C22H23F3N4O3/c1-14(22(23,24)25)32-20-3-2-16(9-26)8-18(20)21(30)28-12-17-10-27-29(19(17)13-28)11-15-4-6-31-7-5-15/h2-3,8,10,14-15H,4-7,11-13H2,1H3/t14-/m0/s1. The average Bonchev–Trinajstić information content (AvgIpc) is 3.35. The van der Waals surface area contributed by atoms with Gasteiger partial charge in [-0.05, 0) is 43.9 Å². The third-order valence-corrected chi connectivity index (χ3v) is 5.90. The molecule has 1 saturated heterocycles. The van der Waals surface area contributed by atoms with Crippen LogP contribution in [0, 0.1) is 17.2 Å². The normalized spacial score (nSPS) is 17.7. The van der Waals surface area contributed by atoms with E-state index in [-0.39, 0.29) is 16.9 Å². The largest absolute Gasteiger partial charge is 0.480 e. The molecule has 0 radical (unpaired) electrons. The smallest absolute Gasteiger partial charge is 0.425 e. The summed E-state index contributed by atoms with van der Waals surface area (Å²) >= 11 is 0. The number of carbonyl (C=O) groups excluding carboxylic acids is 1. The zero-order valence-corrected chi connectivity index (χ0v) is 17.6. The first-order valence-corrected chi connectivity index (χ1v) is 10.4. The van der Waals surface area contributed by atoms with Crippen molar-refractivity contribution in [2.45, 2.75) is 51.7 Å². The lowest BCUT2D eigenvalue weighted by atomic mass is 10.0. The number of nitriles is 1. The van der Waals surface area contributed by atoms with E-state index < -0.39 is 18.2 Å². The van der Waals surface area contributed by atoms with Crippen LogP contribution in [0.1, 0.15) is 46.9 Å². The van der Waals surface area contributed by atoms with Crippen molar-refractivity contribution in [3.63, 3.8) is 0 Å². The van der Waals surface area contributed by atoms with Crippen molar-refractivity contribution in [2.24, 2.45) is 5.92 Å². The lowest BCUT2D eigenvalue weighted by Gasteiger charge is -2.23. The van der Waals surface area contributed by atoms with Gasteiger partial charge in [-0.25, -0.2) is 0 Å². The number of hydrogen-bond acceptors (Lipinski definition) is 5. The quantitative estimate of drug-likeness (QED) is 0.697. The van der Waals surface area contributed by atoms with E-state index in [1.807, 2.05) is 10.8 Å².